The molecule has 3 atom stereocenters. The van der Waals surface area contributed by atoms with Crippen molar-refractivity contribution >= 4 is 0 Å². The van der Waals surface area contributed by atoms with Gasteiger partial charge in [-0.25, -0.2) is 0 Å². The predicted molar refractivity (Wildman–Crippen MR) is 105 cm³/mol. The molecule has 0 fully saturated rings. The highest BCUT2D eigenvalue weighted by Crippen LogP contribution is 2.49. The third kappa shape index (κ3) is 3.74. The number of hydrogen-bond acceptors (Lipinski definition) is 2. The van der Waals surface area contributed by atoms with Gasteiger partial charge in [0.2, 0.25) is 0 Å². The molecule has 0 spiro atoms. The van der Waals surface area contributed by atoms with Gasteiger partial charge in [0.15, 0.2) is 0 Å². The molecule has 134 valence electrons. The molecule has 1 aliphatic heterocycles. The van der Waals surface area contributed by atoms with Gasteiger partial charge in [-0.3, -0.25) is 0 Å². The van der Waals surface area contributed by atoms with Crippen molar-refractivity contribution in [3.63, 3.8) is 0 Å². The Balaban J connectivity index is 1.89. The summed E-state index contributed by atoms with van der Waals surface area (Å²) in [6.45, 7) is 9.56. The number of fused-ring (bicyclic) bond motifs is 1. The first-order valence-corrected chi connectivity index (χ1v) is 9.46. The lowest BCUT2D eigenvalue weighted by atomic mass is 9.67. The van der Waals surface area contributed by atoms with E-state index in [0.29, 0.717) is 24.3 Å². The molecule has 0 aromatic heterocycles. The van der Waals surface area contributed by atoms with E-state index in [0.717, 1.165) is 18.6 Å². The standard InChI is InChI=1S/C23H31NO/c1-16-10-13-21-19(14-16)22(20(15-24)23(3,4)25-21)17(2)11-12-18-8-6-5-7-9-18/h5-10,13-14,17,20,22H,11-12,15,24H2,1-4H3. The van der Waals surface area contributed by atoms with Crippen molar-refractivity contribution in [3.05, 3.63) is 65.2 Å². The van der Waals surface area contributed by atoms with E-state index in [4.69, 9.17) is 10.5 Å². The second-order valence-electron chi connectivity index (χ2n) is 8.12. The topological polar surface area (TPSA) is 35.2 Å². The number of aryl methyl sites for hydroxylation is 2. The van der Waals surface area contributed by atoms with Crippen LogP contribution in [0.25, 0.3) is 0 Å². The summed E-state index contributed by atoms with van der Waals surface area (Å²) in [5, 5.41) is 0. The van der Waals surface area contributed by atoms with Crippen molar-refractivity contribution in [1.82, 2.24) is 0 Å². The Labute approximate surface area is 152 Å². The smallest absolute Gasteiger partial charge is 0.123 e. The van der Waals surface area contributed by atoms with E-state index >= 15 is 0 Å². The van der Waals surface area contributed by atoms with E-state index in [2.05, 4.69) is 76.2 Å². The molecule has 0 aliphatic carbocycles. The van der Waals surface area contributed by atoms with Crippen molar-refractivity contribution < 1.29 is 4.74 Å². The molecule has 0 radical (unpaired) electrons. The minimum atomic E-state index is -0.233. The summed E-state index contributed by atoms with van der Waals surface area (Å²) in [7, 11) is 0. The summed E-state index contributed by atoms with van der Waals surface area (Å²) in [4.78, 5) is 0. The van der Waals surface area contributed by atoms with Crippen LogP contribution in [-0.2, 0) is 6.42 Å². The van der Waals surface area contributed by atoms with Crippen LogP contribution in [0, 0.1) is 18.8 Å². The van der Waals surface area contributed by atoms with Crippen LogP contribution < -0.4 is 10.5 Å². The van der Waals surface area contributed by atoms with E-state index in [1.807, 2.05) is 0 Å². The molecular weight excluding hydrogens is 306 g/mol. The van der Waals surface area contributed by atoms with Gasteiger partial charge in [-0.2, -0.15) is 0 Å². The van der Waals surface area contributed by atoms with Gasteiger partial charge in [-0.1, -0.05) is 55.0 Å². The Kier molecular flexibility index (Phi) is 5.19. The van der Waals surface area contributed by atoms with Crippen LogP contribution >= 0.6 is 0 Å². The fraction of sp³-hybridized carbons (Fsp3) is 0.478. The molecule has 1 heterocycles. The molecule has 25 heavy (non-hydrogen) atoms. The molecule has 2 N–H and O–H groups in total. The zero-order valence-electron chi connectivity index (χ0n) is 16.0. The number of rotatable bonds is 5. The van der Waals surface area contributed by atoms with Gasteiger partial charge in [0.25, 0.3) is 0 Å². The molecule has 2 aromatic rings. The average molecular weight is 338 g/mol. The molecule has 0 saturated carbocycles. The molecule has 0 bridgehead atoms. The lowest BCUT2D eigenvalue weighted by molar-refractivity contribution is 0.00254. The Hall–Kier alpha value is -1.80. The number of ether oxygens (including phenoxy) is 1. The first-order chi connectivity index (χ1) is 11.9. The van der Waals surface area contributed by atoms with Crippen molar-refractivity contribution in [2.24, 2.45) is 17.6 Å². The van der Waals surface area contributed by atoms with Crippen LogP contribution in [0.4, 0.5) is 0 Å². The molecule has 2 nitrogen and oxygen atoms in total. The van der Waals surface area contributed by atoms with Crippen LogP contribution in [0.2, 0.25) is 0 Å². The monoisotopic (exact) mass is 337 g/mol. The Bertz CT molecular complexity index is 707. The Morgan fingerprint density at radius 3 is 2.52 bits per heavy atom. The molecule has 0 saturated heterocycles. The van der Waals surface area contributed by atoms with E-state index in [1.165, 1.54) is 16.7 Å². The van der Waals surface area contributed by atoms with Gasteiger partial charge in [0.05, 0.1) is 0 Å². The van der Waals surface area contributed by atoms with Gasteiger partial charge < -0.3 is 10.5 Å². The highest BCUT2D eigenvalue weighted by molar-refractivity contribution is 5.43. The van der Waals surface area contributed by atoms with Gasteiger partial charge in [-0.05, 0) is 69.2 Å². The van der Waals surface area contributed by atoms with Crippen LogP contribution in [0.15, 0.2) is 48.5 Å². The number of hydrogen-bond donors (Lipinski definition) is 1. The average Bonchev–Trinajstić information content (AvgIpc) is 2.59. The predicted octanol–water partition coefficient (Wildman–Crippen LogP) is 5.09. The Morgan fingerprint density at radius 2 is 1.84 bits per heavy atom. The second-order valence-corrected chi connectivity index (χ2v) is 8.12. The largest absolute Gasteiger partial charge is 0.487 e. The molecule has 2 aromatic carbocycles. The summed E-state index contributed by atoms with van der Waals surface area (Å²) in [6.07, 6.45) is 2.27. The SMILES string of the molecule is Cc1ccc2c(c1)C(C(C)CCc1ccccc1)C(CN)C(C)(C)O2. The first kappa shape index (κ1) is 18.0. The molecule has 0 amide bonds. The second kappa shape index (κ2) is 7.21. The van der Waals surface area contributed by atoms with Crippen LogP contribution in [0.5, 0.6) is 5.75 Å². The minimum absolute atomic E-state index is 0.233. The zero-order valence-corrected chi connectivity index (χ0v) is 16.0. The molecule has 2 heteroatoms. The van der Waals surface area contributed by atoms with Crippen molar-refractivity contribution in [3.8, 4) is 5.75 Å². The third-order valence-electron chi connectivity index (χ3n) is 5.82. The first-order valence-electron chi connectivity index (χ1n) is 9.46. The van der Waals surface area contributed by atoms with E-state index in [-0.39, 0.29) is 5.60 Å². The molecule has 3 rings (SSSR count). The van der Waals surface area contributed by atoms with Crippen molar-refractivity contribution in [2.75, 3.05) is 6.54 Å². The fourth-order valence-electron chi connectivity index (χ4n) is 4.38. The minimum Gasteiger partial charge on any atom is -0.487 e. The summed E-state index contributed by atoms with van der Waals surface area (Å²) >= 11 is 0. The number of nitrogens with two attached hydrogens (primary N) is 1. The van der Waals surface area contributed by atoms with Crippen LogP contribution in [0.1, 0.15) is 49.8 Å². The maximum absolute atomic E-state index is 6.34. The van der Waals surface area contributed by atoms with Crippen molar-refractivity contribution in [2.45, 2.75) is 52.1 Å². The fourth-order valence-corrected chi connectivity index (χ4v) is 4.38. The van der Waals surface area contributed by atoms with Gasteiger partial charge in [0, 0.05) is 5.92 Å². The van der Waals surface area contributed by atoms with Gasteiger partial charge in [0.1, 0.15) is 11.4 Å². The quantitative estimate of drug-likeness (QED) is 0.824. The Morgan fingerprint density at radius 1 is 1.12 bits per heavy atom. The van der Waals surface area contributed by atoms with Gasteiger partial charge >= 0.3 is 0 Å². The molecule has 1 aliphatic rings. The zero-order chi connectivity index (χ0) is 18.0. The summed E-state index contributed by atoms with van der Waals surface area (Å²) in [5.74, 6) is 2.36. The van der Waals surface area contributed by atoms with E-state index in [1.54, 1.807) is 0 Å². The van der Waals surface area contributed by atoms with Crippen molar-refractivity contribution in [1.29, 1.82) is 0 Å². The normalized spacial score (nSPS) is 22.8. The number of benzene rings is 2. The third-order valence-corrected chi connectivity index (χ3v) is 5.82. The summed E-state index contributed by atoms with van der Waals surface area (Å²) in [6, 6.07) is 17.4. The highest BCUT2D eigenvalue weighted by Gasteiger charge is 2.44. The lowest BCUT2D eigenvalue weighted by Crippen LogP contribution is -2.49. The lowest BCUT2D eigenvalue weighted by Gasteiger charge is -2.47. The summed E-state index contributed by atoms with van der Waals surface area (Å²) in [5.41, 5.74) is 10.0. The summed E-state index contributed by atoms with van der Waals surface area (Å²) < 4.78 is 6.34. The molecular formula is C23H31NO. The maximum Gasteiger partial charge on any atom is 0.123 e. The van der Waals surface area contributed by atoms with E-state index in [9.17, 15) is 0 Å². The van der Waals surface area contributed by atoms with E-state index < -0.39 is 0 Å². The van der Waals surface area contributed by atoms with Crippen LogP contribution in [-0.4, -0.2) is 12.1 Å². The van der Waals surface area contributed by atoms with Crippen LogP contribution in [0.3, 0.4) is 0 Å². The molecule has 3 unspecified atom stereocenters. The maximum atomic E-state index is 6.34. The van der Waals surface area contributed by atoms with Gasteiger partial charge in [-0.15, -0.1) is 0 Å². The highest BCUT2D eigenvalue weighted by atomic mass is 16.5.